The number of amides is 1. The minimum absolute atomic E-state index is 0.0448. The first kappa shape index (κ1) is 20.8. The third-order valence-corrected chi connectivity index (χ3v) is 4.95. The molecule has 0 atom stereocenters. The summed E-state index contributed by atoms with van der Waals surface area (Å²) >= 11 is 0. The zero-order valence-corrected chi connectivity index (χ0v) is 16.4. The van der Waals surface area contributed by atoms with E-state index in [2.05, 4.69) is 25.2 Å². The second-order valence-electron chi connectivity index (χ2n) is 7.06. The number of benzene rings is 2. The molecule has 0 aliphatic carbocycles. The Bertz CT molecular complexity index is 999. The van der Waals surface area contributed by atoms with Crippen LogP contribution in [0.1, 0.15) is 15.9 Å². The van der Waals surface area contributed by atoms with E-state index in [0.717, 1.165) is 11.3 Å². The van der Waals surface area contributed by atoms with Gasteiger partial charge in [-0.1, -0.05) is 12.1 Å². The number of halogens is 3. The second-order valence-corrected chi connectivity index (χ2v) is 7.06. The summed E-state index contributed by atoms with van der Waals surface area (Å²) in [5.41, 5.74) is 2.23. The lowest BCUT2D eigenvalue weighted by Gasteiger charge is -2.34. The summed E-state index contributed by atoms with van der Waals surface area (Å²) in [5, 5.41) is 11.0. The van der Waals surface area contributed by atoms with Gasteiger partial charge in [-0.05, 0) is 52.4 Å². The standard InChI is InChI=1S/C20H19F3N6O2/c21-20(22,23)31-18-7-1-15(2-8-18)13-27-9-11-28(12-10-27)19(30)16-3-5-17(6-4-16)29-14-24-25-26-29/h1-8,14H,9-13H2. The van der Waals surface area contributed by atoms with Gasteiger partial charge in [-0.15, -0.1) is 18.3 Å². The van der Waals surface area contributed by atoms with E-state index < -0.39 is 6.36 Å². The van der Waals surface area contributed by atoms with E-state index in [9.17, 15) is 18.0 Å². The summed E-state index contributed by atoms with van der Waals surface area (Å²) in [4.78, 5) is 16.7. The van der Waals surface area contributed by atoms with Crippen LogP contribution in [-0.4, -0.2) is 68.5 Å². The molecule has 0 spiro atoms. The molecule has 0 bridgehead atoms. The first-order chi connectivity index (χ1) is 14.9. The summed E-state index contributed by atoms with van der Waals surface area (Å²) in [6, 6.07) is 12.9. The fourth-order valence-corrected chi connectivity index (χ4v) is 3.38. The topological polar surface area (TPSA) is 76.4 Å². The summed E-state index contributed by atoms with van der Waals surface area (Å²) in [6.07, 6.45) is -3.22. The molecule has 2 aromatic carbocycles. The molecular weight excluding hydrogens is 413 g/mol. The normalized spacial score (nSPS) is 15.1. The van der Waals surface area contributed by atoms with Crippen LogP contribution >= 0.6 is 0 Å². The summed E-state index contributed by atoms with van der Waals surface area (Å²) in [7, 11) is 0. The smallest absolute Gasteiger partial charge is 0.406 e. The fraction of sp³-hybridized carbons (Fsp3) is 0.300. The van der Waals surface area contributed by atoms with Crippen molar-refractivity contribution in [1.82, 2.24) is 30.0 Å². The Labute approximate surface area is 175 Å². The predicted octanol–water partition coefficient (Wildman–Crippen LogP) is 2.52. The first-order valence-electron chi connectivity index (χ1n) is 9.57. The number of tetrazole rings is 1. The first-order valence-corrected chi connectivity index (χ1v) is 9.57. The molecule has 1 amide bonds. The van der Waals surface area contributed by atoms with Crippen LogP contribution in [0.15, 0.2) is 54.9 Å². The maximum Gasteiger partial charge on any atom is 0.573 e. The minimum Gasteiger partial charge on any atom is -0.406 e. The van der Waals surface area contributed by atoms with Crippen LogP contribution in [-0.2, 0) is 6.54 Å². The van der Waals surface area contributed by atoms with E-state index >= 15 is 0 Å². The highest BCUT2D eigenvalue weighted by Gasteiger charge is 2.31. The van der Waals surface area contributed by atoms with Gasteiger partial charge in [0, 0.05) is 38.3 Å². The molecule has 0 unspecified atom stereocenters. The molecule has 0 N–H and O–H groups in total. The Morgan fingerprint density at radius 1 is 0.968 bits per heavy atom. The number of rotatable bonds is 5. The van der Waals surface area contributed by atoms with E-state index in [0.29, 0.717) is 38.3 Å². The molecule has 1 fully saturated rings. The lowest BCUT2D eigenvalue weighted by atomic mass is 10.1. The highest BCUT2D eigenvalue weighted by atomic mass is 19.4. The van der Waals surface area contributed by atoms with Gasteiger partial charge in [0.25, 0.3) is 5.91 Å². The van der Waals surface area contributed by atoms with Crippen LogP contribution in [0.25, 0.3) is 5.69 Å². The molecule has 31 heavy (non-hydrogen) atoms. The van der Waals surface area contributed by atoms with Crippen LogP contribution < -0.4 is 4.74 Å². The van der Waals surface area contributed by atoms with Crippen molar-refractivity contribution in [3.05, 3.63) is 66.0 Å². The number of hydrogen-bond donors (Lipinski definition) is 0. The molecule has 1 aromatic heterocycles. The average Bonchev–Trinajstić information content (AvgIpc) is 3.29. The number of piperazine rings is 1. The van der Waals surface area contributed by atoms with Gasteiger partial charge in [0.15, 0.2) is 0 Å². The number of ether oxygens (including phenoxy) is 1. The zero-order chi connectivity index (χ0) is 21.8. The molecule has 4 rings (SSSR count). The van der Waals surface area contributed by atoms with Gasteiger partial charge in [-0.2, -0.15) is 0 Å². The van der Waals surface area contributed by atoms with E-state index in [4.69, 9.17) is 0 Å². The molecule has 1 saturated heterocycles. The molecule has 3 aromatic rings. The number of nitrogens with zero attached hydrogens (tertiary/aromatic N) is 6. The average molecular weight is 432 g/mol. The monoisotopic (exact) mass is 432 g/mol. The van der Waals surface area contributed by atoms with E-state index in [1.165, 1.54) is 23.1 Å². The number of aromatic nitrogens is 4. The molecule has 11 heteroatoms. The number of alkyl halides is 3. The van der Waals surface area contributed by atoms with Crippen molar-refractivity contribution < 1.29 is 22.7 Å². The molecule has 2 heterocycles. The molecule has 1 aliphatic heterocycles. The van der Waals surface area contributed by atoms with Crippen LogP contribution in [0.2, 0.25) is 0 Å². The number of hydrogen-bond acceptors (Lipinski definition) is 6. The van der Waals surface area contributed by atoms with Gasteiger partial charge in [0.05, 0.1) is 5.69 Å². The van der Waals surface area contributed by atoms with Crippen molar-refractivity contribution in [1.29, 1.82) is 0 Å². The van der Waals surface area contributed by atoms with E-state index in [1.54, 1.807) is 41.3 Å². The van der Waals surface area contributed by atoms with Crippen LogP contribution in [0.5, 0.6) is 5.75 Å². The van der Waals surface area contributed by atoms with Crippen LogP contribution in [0, 0.1) is 0 Å². The lowest BCUT2D eigenvalue weighted by Crippen LogP contribution is -2.48. The molecule has 0 saturated carbocycles. The summed E-state index contributed by atoms with van der Waals surface area (Å²) in [6.45, 7) is 3.09. The van der Waals surface area contributed by atoms with E-state index in [-0.39, 0.29) is 11.7 Å². The Morgan fingerprint density at radius 3 is 2.23 bits per heavy atom. The number of carbonyl (C=O) groups is 1. The van der Waals surface area contributed by atoms with Crippen molar-refractivity contribution in [2.45, 2.75) is 12.9 Å². The molecular formula is C20H19F3N6O2. The molecule has 162 valence electrons. The Balaban J connectivity index is 1.29. The van der Waals surface area contributed by atoms with Crippen molar-refractivity contribution in [2.24, 2.45) is 0 Å². The van der Waals surface area contributed by atoms with Gasteiger partial charge in [-0.3, -0.25) is 9.69 Å². The van der Waals surface area contributed by atoms with Crippen LogP contribution in [0.3, 0.4) is 0 Å². The largest absolute Gasteiger partial charge is 0.573 e. The van der Waals surface area contributed by atoms with Gasteiger partial charge < -0.3 is 9.64 Å². The fourth-order valence-electron chi connectivity index (χ4n) is 3.38. The third kappa shape index (κ3) is 5.37. The third-order valence-electron chi connectivity index (χ3n) is 4.95. The van der Waals surface area contributed by atoms with Gasteiger partial charge in [0.1, 0.15) is 12.1 Å². The van der Waals surface area contributed by atoms with Crippen molar-refractivity contribution in [3.63, 3.8) is 0 Å². The quantitative estimate of drug-likeness (QED) is 0.617. The van der Waals surface area contributed by atoms with Gasteiger partial charge >= 0.3 is 6.36 Å². The SMILES string of the molecule is O=C(c1ccc(-n2cnnn2)cc1)N1CCN(Cc2ccc(OC(F)(F)F)cc2)CC1. The highest BCUT2D eigenvalue weighted by Crippen LogP contribution is 2.23. The van der Waals surface area contributed by atoms with Gasteiger partial charge in [0.2, 0.25) is 0 Å². The van der Waals surface area contributed by atoms with Crippen molar-refractivity contribution >= 4 is 5.91 Å². The van der Waals surface area contributed by atoms with E-state index in [1.807, 2.05) is 0 Å². The Morgan fingerprint density at radius 2 is 1.65 bits per heavy atom. The zero-order valence-electron chi connectivity index (χ0n) is 16.4. The highest BCUT2D eigenvalue weighted by molar-refractivity contribution is 5.94. The van der Waals surface area contributed by atoms with Gasteiger partial charge in [-0.25, -0.2) is 4.68 Å². The maximum absolute atomic E-state index is 12.8. The molecule has 8 nitrogen and oxygen atoms in total. The Kier molecular flexibility index (Phi) is 5.85. The lowest BCUT2D eigenvalue weighted by molar-refractivity contribution is -0.274. The number of carbonyl (C=O) groups excluding carboxylic acids is 1. The Hall–Kier alpha value is -3.47. The summed E-state index contributed by atoms with van der Waals surface area (Å²) in [5.74, 6) is -0.283. The molecule has 0 radical (unpaired) electrons. The van der Waals surface area contributed by atoms with Crippen LogP contribution in [0.4, 0.5) is 13.2 Å². The molecule has 1 aliphatic rings. The maximum atomic E-state index is 12.8. The summed E-state index contributed by atoms with van der Waals surface area (Å²) < 4.78 is 42.2. The van der Waals surface area contributed by atoms with Crippen molar-refractivity contribution in [3.8, 4) is 11.4 Å². The van der Waals surface area contributed by atoms with Crippen molar-refractivity contribution in [2.75, 3.05) is 26.2 Å². The second kappa shape index (κ2) is 8.72. The minimum atomic E-state index is -4.70. The predicted molar refractivity (Wildman–Crippen MR) is 103 cm³/mol.